The van der Waals surface area contributed by atoms with Crippen LogP contribution in [0.25, 0.3) is 0 Å². The molecule has 0 radical (unpaired) electrons. The molecule has 0 spiro atoms. The minimum absolute atomic E-state index is 0.0764. The Morgan fingerprint density at radius 2 is 2.08 bits per heavy atom. The molecule has 1 saturated carbocycles. The predicted octanol–water partition coefficient (Wildman–Crippen LogP) is 1.67. The Kier molecular flexibility index (Phi) is 4.74. The smallest absolute Gasteiger partial charge is 0.249 e. The lowest BCUT2D eigenvalue weighted by Gasteiger charge is -2.36. The highest BCUT2D eigenvalue weighted by Crippen LogP contribution is 2.34. The Bertz CT molecular complexity index is 620. The summed E-state index contributed by atoms with van der Waals surface area (Å²) in [6.45, 7) is 0.881. The monoisotopic (exact) mass is 346 g/mol. The number of nitrogens with one attached hydrogen (secondary N) is 1. The van der Waals surface area contributed by atoms with E-state index >= 15 is 0 Å². The van der Waals surface area contributed by atoms with Crippen molar-refractivity contribution < 1.29 is 14.3 Å². The largest absolute Gasteiger partial charge is 0.481 e. The molecule has 0 aromatic carbocycles. The minimum atomic E-state index is -0.304. The fraction of sp³-hybridized carbons (Fsp3) is 0.722. The van der Waals surface area contributed by atoms with Crippen LogP contribution in [0.3, 0.4) is 0 Å². The van der Waals surface area contributed by atoms with Crippen LogP contribution < -0.4 is 15.0 Å². The zero-order valence-electron chi connectivity index (χ0n) is 14.7. The van der Waals surface area contributed by atoms with Crippen molar-refractivity contribution in [1.82, 2.24) is 15.3 Å². The number of hydrogen-bond donors (Lipinski definition) is 1. The lowest BCUT2D eigenvalue weighted by Crippen LogP contribution is -2.49. The predicted molar refractivity (Wildman–Crippen MR) is 92.6 cm³/mol. The normalized spacial score (nSPS) is 29.5. The highest BCUT2D eigenvalue weighted by Gasteiger charge is 2.42. The van der Waals surface area contributed by atoms with Gasteiger partial charge in [-0.05, 0) is 32.1 Å². The van der Waals surface area contributed by atoms with Gasteiger partial charge in [0.2, 0.25) is 11.8 Å². The number of nitrogens with zero attached hydrogens (tertiary/aromatic N) is 3. The number of ether oxygens (including phenoxy) is 2. The summed E-state index contributed by atoms with van der Waals surface area (Å²) in [4.78, 5) is 23.2. The van der Waals surface area contributed by atoms with E-state index in [1.54, 1.807) is 7.11 Å². The molecule has 136 valence electrons. The number of aromatic nitrogens is 2. The van der Waals surface area contributed by atoms with E-state index in [0.717, 1.165) is 44.5 Å². The zero-order valence-corrected chi connectivity index (χ0v) is 14.7. The van der Waals surface area contributed by atoms with Gasteiger partial charge in [0.15, 0.2) is 0 Å². The first-order chi connectivity index (χ1) is 12.2. The van der Waals surface area contributed by atoms with E-state index in [2.05, 4.69) is 20.2 Å². The second-order valence-electron chi connectivity index (χ2n) is 7.20. The number of anilines is 1. The number of carbonyl (C=O) groups is 1. The van der Waals surface area contributed by atoms with Crippen LogP contribution in [-0.4, -0.2) is 53.8 Å². The van der Waals surface area contributed by atoms with Crippen LogP contribution in [0, 0.1) is 0 Å². The van der Waals surface area contributed by atoms with Crippen molar-refractivity contribution in [3.63, 3.8) is 0 Å². The van der Waals surface area contributed by atoms with Gasteiger partial charge in [-0.3, -0.25) is 4.79 Å². The standard InChI is InChI=1S/C18H26N4O3/c1-24-17-10-16(19-11-20-17)22-9-8-14-13(22)6-7-15(25-14)18(23)21-12-4-2-3-5-12/h10-15H,2-9H2,1H3,(H,21,23)/t13-,14-,15-/m0/s1. The zero-order chi connectivity index (χ0) is 17.2. The van der Waals surface area contributed by atoms with Gasteiger partial charge in [0.05, 0.1) is 19.3 Å². The van der Waals surface area contributed by atoms with Gasteiger partial charge in [-0.1, -0.05) is 12.8 Å². The van der Waals surface area contributed by atoms with E-state index in [4.69, 9.17) is 9.47 Å². The quantitative estimate of drug-likeness (QED) is 0.894. The topological polar surface area (TPSA) is 76.6 Å². The van der Waals surface area contributed by atoms with Crippen molar-refractivity contribution in [2.24, 2.45) is 0 Å². The fourth-order valence-corrected chi connectivity index (χ4v) is 4.37. The average molecular weight is 346 g/mol. The molecule has 7 heteroatoms. The lowest BCUT2D eigenvalue weighted by atomic mass is 9.98. The second-order valence-corrected chi connectivity index (χ2v) is 7.20. The van der Waals surface area contributed by atoms with Crippen LogP contribution in [0.5, 0.6) is 5.88 Å². The third-order valence-electron chi connectivity index (χ3n) is 5.67. The molecule has 25 heavy (non-hydrogen) atoms. The summed E-state index contributed by atoms with van der Waals surface area (Å²) in [5, 5.41) is 3.17. The van der Waals surface area contributed by atoms with Crippen molar-refractivity contribution in [2.75, 3.05) is 18.6 Å². The summed E-state index contributed by atoms with van der Waals surface area (Å²) in [7, 11) is 1.61. The fourth-order valence-electron chi connectivity index (χ4n) is 4.37. The first-order valence-electron chi connectivity index (χ1n) is 9.33. The lowest BCUT2D eigenvalue weighted by molar-refractivity contribution is -0.142. The maximum absolute atomic E-state index is 12.5. The summed E-state index contributed by atoms with van der Waals surface area (Å²) >= 11 is 0. The molecule has 3 heterocycles. The van der Waals surface area contributed by atoms with Crippen molar-refractivity contribution in [3.8, 4) is 5.88 Å². The number of methoxy groups -OCH3 is 1. The Morgan fingerprint density at radius 1 is 1.24 bits per heavy atom. The maximum Gasteiger partial charge on any atom is 0.249 e. The molecule has 3 aliphatic rings. The number of hydrogen-bond acceptors (Lipinski definition) is 6. The molecular weight excluding hydrogens is 320 g/mol. The Morgan fingerprint density at radius 3 is 2.88 bits per heavy atom. The summed E-state index contributed by atoms with van der Waals surface area (Å²) in [6.07, 6.45) is 8.60. The molecule has 1 N–H and O–H groups in total. The molecule has 4 rings (SSSR count). The van der Waals surface area contributed by atoms with Crippen molar-refractivity contribution in [1.29, 1.82) is 0 Å². The molecule has 7 nitrogen and oxygen atoms in total. The van der Waals surface area contributed by atoms with Crippen LogP contribution >= 0.6 is 0 Å². The summed E-state index contributed by atoms with van der Waals surface area (Å²) in [5.74, 6) is 1.52. The average Bonchev–Trinajstić information content (AvgIpc) is 3.30. The summed E-state index contributed by atoms with van der Waals surface area (Å²) in [5.41, 5.74) is 0. The van der Waals surface area contributed by atoms with E-state index in [9.17, 15) is 4.79 Å². The molecule has 1 amide bonds. The van der Waals surface area contributed by atoms with Crippen LogP contribution in [0.4, 0.5) is 5.82 Å². The molecule has 1 aliphatic carbocycles. The molecule has 3 atom stereocenters. The highest BCUT2D eigenvalue weighted by molar-refractivity contribution is 5.81. The molecule has 0 bridgehead atoms. The minimum Gasteiger partial charge on any atom is -0.481 e. The van der Waals surface area contributed by atoms with Crippen LogP contribution in [0.2, 0.25) is 0 Å². The SMILES string of the molecule is COc1cc(N2CC[C@@H]3O[C@H](C(=O)NC4CCCC4)CC[C@@H]32)ncn1. The third kappa shape index (κ3) is 3.42. The van der Waals surface area contributed by atoms with Gasteiger partial charge in [-0.2, -0.15) is 0 Å². The maximum atomic E-state index is 12.5. The molecule has 1 aromatic heterocycles. The summed E-state index contributed by atoms with van der Waals surface area (Å²) in [6, 6.07) is 2.49. The molecule has 2 saturated heterocycles. The van der Waals surface area contributed by atoms with E-state index in [-0.39, 0.29) is 24.2 Å². The van der Waals surface area contributed by atoms with E-state index in [1.165, 1.54) is 19.2 Å². The molecule has 2 aliphatic heterocycles. The number of carbonyl (C=O) groups excluding carboxylic acids is 1. The van der Waals surface area contributed by atoms with Gasteiger partial charge in [0.25, 0.3) is 0 Å². The number of amides is 1. The number of rotatable bonds is 4. The van der Waals surface area contributed by atoms with E-state index < -0.39 is 0 Å². The van der Waals surface area contributed by atoms with Crippen molar-refractivity contribution >= 4 is 11.7 Å². The first-order valence-corrected chi connectivity index (χ1v) is 9.33. The molecule has 0 unspecified atom stereocenters. The number of fused-ring (bicyclic) bond motifs is 1. The van der Waals surface area contributed by atoms with E-state index in [0.29, 0.717) is 11.9 Å². The van der Waals surface area contributed by atoms with Crippen LogP contribution in [-0.2, 0) is 9.53 Å². The molecule has 1 aromatic rings. The van der Waals surface area contributed by atoms with Gasteiger partial charge >= 0.3 is 0 Å². The second kappa shape index (κ2) is 7.15. The van der Waals surface area contributed by atoms with Crippen molar-refractivity contribution in [3.05, 3.63) is 12.4 Å². The Hall–Kier alpha value is -1.89. The van der Waals surface area contributed by atoms with Gasteiger partial charge in [0.1, 0.15) is 18.2 Å². The van der Waals surface area contributed by atoms with Gasteiger partial charge in [-0.25, -0.2) is 9.97 Å². The van der Waals surface area contributed by atoms with Crippen LogP contribution in [0.1, 0.15) is 44.9 Å². The van der Waals surface area contributed by atoms with Gasteiger partial charge in [0, 0.05) is 18.7 Å². The highest BCUT2D eigenvalue weighted by atomic mass is 16.5. The van der Waals surface area contributed by atoms with Gasteiger partial charge < -0.3 is 19.7 Å². The summed E-state index contributed by atoms with van der Waals surface area (Å²) < 4.78 is 11.4. The van der Waals surface area contributed by atoms with E-state index in [1.807, 2.05) is 6.07 Å². The van der Waals surface area contributed by atoms with Gasteiger partial charge in [-0.15, -0.1) is 0 Å². The first kappa shape index (κ1) is 16.6. The Labute approximate surface area is 148 Å². The molecular formula is C18H26N4O3. The Balaban J connectivity index is 1.38. The molecule has 3 fully saturated rings. The third-order valence-corrected chi connectivity index (χ3v) is 5.67. The van der Waals surface area contributed by atoms with Crippen molar-refractivity contribution in [2.45, 2.75) is 69.2 Å². The van der Waals surface area contributed by atoms with Crippen LogP contribution in [0.15, 0.2) is 12.4 Å².